The average molecular weight is 169 g/mol. The zero-order chi connectivity index (χ0) is 9.56. The van der Waals surface area contributed by atoms with Crippen molar-refractivity contribution in [3.63, 3.8) is 0 Å². The lowest BCUT2D eigenvalue weighted by Crippen LogP contribution is -2.03. The zero-order valence-corrected chi connectivity index (χ0v) is 6.40. The minimum absolute atomic E-state index is 0.646. The second-order valence-electron chi connectivity index (χ2n) is 1.97. The summed E-state index contributed by atoms with van der Waals surface area (Å²) < 4.78 is 0. The molecule has 66 valence electrons. The van der Waals surface area contributed by atoms with E-state index in [0.717, 1.165) is 0 Å². The summed E-state index contributed by atoms with van der Waals surface area (Å²) in [7, 11) is 0. The molecule has 0 bridgehead atoms. The molecule has 0 saturated heterocycles. The predicted octanol–water partition coefficient (Wildman–Crippen LogP) is 0.474. The van der Waals surface area contributed by atoms with Gasteiger partial charge in [-0.25, -0.2) is 4.79 Å². The van der Waals surface area contributed by atoms with Crippen LogP contribution in [-0.4, -0.2) is 11.2 Å². The Morgan fingerprint density at radius 3 is 1.58 bits per heavy atom. The van der Waals surface area contributed by atoms with E-state index >= 15 is 0 Å². The molecule has 0 heterocycles. The maximum absolute atomic E-state index is 8.78. The smallest absolute Gasteiger partial charge is 0.402 e. The van der Waals surface area contributed by atoms with Gasteiger partial charge in [-0.15, -0.1) is 0 Å². The summed E-state index contributed by atoms with van der Waals surface area (Å²) in [5.74, 6) is 0. The van der Waals surface area contributed by atoms with Gasteiger partial charge in [0.2, 0.25) is 0 Å². The van der Waals surface area contributed by atoms with Crippen LogP contribution in [0.25, 0.3) is 0 Å². The number of carbonyl (C=O) groups is 1. The van der Waals surface area contributed by atoms with Crippen molar-refractivity contribution in [2.75, 3.05) is 11.5 Å². The summed E-state index contributed by atoms with van der Waals surface area (Å²) in [6.07, 6.45) is -1.33. The molecule has 0 radical (unpaired) electrons. The van der Waals surface area contributed by atoms with Crippen LogP contribution >= 0.6 is 0 Å². The first-order valence-corrected chi connectivity index (χ1v) is 3.12. The molecule has 0 spiro atoms. The van der Waals surface area contributed by atoms with E-state index in [-0.39, 0.29) is 0 Å². The highest BCUT2D eigenvalue weighted by molar-refractivity contribution is 5.62. The number of carboxylic acid groups (broad SMARTS) is 1. The molecule has 5 heteroatoms. The van der Waals surface area contributed by atoms with E-state index in [1.807, 2.05) is 12.1 Å². The standard InChI is InChI=1S/C6H8N2.CH3NO2/c7-5-3-1-2-4-6(5)8;2-1(3)4/h1-4H,7-8H2;2H2,(H,3,4). The van der Waals surface area contributed by atoms with E-state index < -0.39 is 6.09 Å². The topological polar surface area (TPSA) is 115 Å². The van der Waals surface area contributed by atoms with Crippen molar-refractivity contribution >= 4 is 17.5 Å². The second-order valence-corrected chi connectivity index (χ2v) is 1.97. The number of amides is 1. The molecule has 5 nitrogen and oxygen atoms in total. The van der Waals surface area contributed by atoms with Gasteiger partial charge in [-0.1, -0.05) is 12.1 Å². The Morgan fingerprint density at radius 1 is 1.17 bits per heavy atom. The molecular formula is C7H11N3O2. The van der Waals surface area contributed by atoms with Gasteiger partial charge < -0.3 is 22.3 Å². The fourth-order valence-electron chi connectivity index (χ4n) is 0.511. The van der Waals surface area contributed by atoms with Gasteiger partial charge in [-0.05, 0) is 12.1 Å². The third-order valence-electron chi connectivity index (χ3n) is 0.996. The van der Waals surface area contributed by atoms with Crippen LogP contribution in [0.2, 0.25) is 0 Å². The monoisotopic (exact) mass is 169 g/mol. The van der Waals surface area contributed by atoms with Crippen LogP contribution in [-0.2, 0) is 0 Å². The molecule has 1 rings (SSSR count). The summed E-state index contributed by atoms with van der Waals surface area (Å²) in [6, 6.07) is 7.25. The predicted molar refractivity (Wildman–Crippen MR) is 47.5 cm³/mol. The van der Waals surface area contributed by atoms with Gasteiger partial charge in [0.25, 0.3) is 0 Å². The highest BCUT2D eigenvalue weighted by atomic mass is 16.4. The Labute approximate surface area is 69.8 Å². The molecule has 1 amide bonds. The summed E-state index contributed by atoms with van der Waals surface area (Å²) in [6.45, 7) is 0. The lowest BCUT2D eigenvalue weighted by atomic mass is 10.3. The van der Waals surface area contributed by atoms with E-state index in [0.29, 0.717) is 11.4 Å². The lowest BCUT2D eigenvalue weighted by molar-refractivity contribution is 0.205. The van der Waals surface area contributed by atoms with Crippen LogP contribution in [0.15, 0.2) is 24.3 Å². The van der Waals surface area contributed by atoms with Crippen LogP contribution in [0.1, 0.15) is 0 Å². The number of hydrogen-bond donors (Lipinski definition) is 4. The molecule has 1 aromatic carbocycles. The largest absolute Gasteiger partial charge is 0.465 e. The Bertz CT molecular complexity index is 238. The molecule has 0 aliphatic rings. The number of nitrogens with two attached hydrogens (primary N) is 3. The van der Waals surface area contributed by atoms with Gasteiger partial charge >= 0.3 is 6.09 Å². The number of benzene rings is 1. The molecule has 0 fully saturated rings. The van der Waals surface area contributed by atoms with Gasteiger partial charge in [0.15, 0.2) is 0 Å². The molecule has 0 unspecified atom stereocenters. The molecule has 1 aromatic rings. The normalized spacial score (nSPS) is 8.00. The Morgan fingerprint density at radius 2 is 1.42 bits per heavy atom. The van der Waals surface area contributed by atoms with E-state index in [1.165, 1.54) is 0 Å². The first-order chi connectivity index (χ1) is 5.54. The van der Waals surface area contributed by atoms with Crippen LogP contribution in [0.5, 0.6) is 0 Å². The van der Waals surface area contributed by atoms with Crippen molar-refractivity contribution in [1.82, 2.24) is 0 Å². The van der Waals surface area contributed by atoms with Gasteiger partial charge in [-0.3, -0.25) is 0 Å². The van der Waals surface area contributed by atoms with Crippen molar-refractivity contribution < 1.29 is 9.90 Å². The van der Waals surface area contributed by atoms with Crippen molar-refractivity contribution in [3.05, 3.63) is 24.3 Å². The highest BCUT2D eigenvalue weighted by Gasteiger charge is 1.85. The molecule has 12 heavy (non-hydrogen) atoms. The number of hydrogen-bond acceptors (Lipinski definition) is 3. The van der Waals surface area contributed by atoms with E-state index in [1.54, 1.807) is 12.1 Å². The fraction of sp³-hybridized carbons (Fsp3) is 0. The number of anilines is 2. The quantitative estimate of drug-likeness (QED) is 0.422. The van der Waals surface area contributed by atoms with Crippen LogP contribution in [0.4, 0.5) is 16.2 Å². The van der Waals surface area contributed by atoms with Crippen molar-refractivity contribution in [3.8, 4) is 0 Å². The van der Waals surface area contributed by atoms with E-state index in [9.17, 15) is 0 Å². The molecular weight excluding hydrogens is 158 g/mol. The minimum atomic E-state index is -1.33. The number of nitrogen functional groups attached to an aromatic ring is 2. The first kappa shape index (κ1) is 10.1. The van der Waals surface area contributed by atoms with Gasteiger partial charge in [0.1, 0.15) is 0 Å². The zero-order valence-electron chi connectivity index (χ0n) is 6.40. The van der Waals surface area contributed by atoms with Crippen LogP contribution < -0.4 is 17.2 Å². The van der Waals surface area contributed by atoms with Gasteiger partial charge in [0.05, 0.1) is 11.4 Å². The van der Waals surface area contributed by atoms with Crippen molar-refractivity contribution in [2.24, 2.45) is 5.73 Å². The fourth-order valence-corrected chi connectivity index (χ4v) is 0.511. The van der Waals surface area contributed by atoms with E-state index in [2.05, 4.69) is 5.73 Å². The van der Waals surface area contributed by atoms with E-state index in [4.69, 9.17) is 21.4 Å². The van der Waals surface area contributed by atoms with Crippen molar-refractivity contribution in [1.29, 1.82) is 0 Å². The Hall–Kier alpha value is -1.91. The third kappa shape index (κ3) is 4.92. The summed E-state index contributed by atoms with van der Waals surface area (Å²) in [5, 5.41) is 7.19. The highest BCUT2D eigenvalue weighted by Crippen LogP contribution is 2.10. The summed E-state index contributed by atoms with van der Waals surface area (Å²) in [4.78, 5) is 8.78. The molecule has 0 saturated carbocycles. The number of para-hydroxylation sites is 2. The first-order valence-electron chi connectivity index (χ1n) is 3.12. The minimum Gasteiger partial charge on any atom is -0.465 e. The second kappa shape index (κ2) is 4.84. The molecule has 0 atom stereocenters. The lowest BCUT2D eigenvalue weighted by Gasteiger charge is -1.94. The van der Waals surface area contributed by atoms with Gasteiger partial charge in [-0.2, -0.15) is 0 Å². The molecule has 0 aliphatic heterocycles. The van der Waals surface area contributed by atoms with Crippen molar-refractivity contribution in [2.45, 2.75) is 0 Å². The Balaban J connectivity index is 0.000000261. The molecule has 7 N–H and O–H groups in total. The molecule has 0 aliphatic carbocycles. The third-order valence-corrected chi connectivity index (χ3v) is 0.996. The summed E-state index contributed by atoms with van der Waals surface area (Å²) >= 11 is 0. The number of primary amides is 1. The van der Waals surface area contributed by atoms with Crippen LogP contribution in [0, 0.1) is 0 Å². The van der Waals surface area contributed by atoms with Crippen LogP contribution in [0.3, 0.4) is 0 Å². The average Bonchev–Trinajstić information content (AvgIpc) is 1.94. The number of rotatable bonds is 0. The Kier molecular flexibility index (Phi) is 4.07. The SMILES string of the molecule is NC(=O)O.Nc1ccccc1N. The summed E-state index contributed by atoms with van der Waals surface area (Å²) in [5.41, 5.74) is 16.1. The molecule has 0 aromatic heterocycles. The maximum atomic E-state index is 8.78. The maximum Gasteiger partial charge on any atom is 0.402 e. The van der Waals surface area contributed by atoms with Gasteiger partial charge in [0, 0.05) is 0 Å².